The second-order valence-electron chi connectivity index (χ2n) is 12.8. The quantitative estimate of drug-likeness (QED) is 0.173. The molecule has 0 atom stereocenters. The van der Waals surface area contributed by atoms with Gasteiger partial charge in [-0.15, -0.1) is 0 Å². The Bertz CT molecular complexity index is 2580. The number of halogens is 8. The zero-order valence-electron chi connectivity index (χ0n) is 28.5. The maximum atomic E-state index is 5.69. The standard InChI is InChI=1S/C44H22I8N4/c45-29-31(47)39-26(22-15-7-2-8-16-22)41-33(49)35(51)43(55-41)28(24-19-11-4-12-20-24)44-36(52)34(50)42(56-44)27(23-17-9-3-10-18-23)40-32(48)30(46)38(54-40)25(37(29)53-39)21-13-5-1-6-14-21/h1-20,53,56H. The first-order chi connectivity index (χ1) is 27.2. The number of hydrogen-bond donors (Lipinski definition) is 2. The predicted octanol–water partition coefficient (Wildman–Crippen LogP) is 16.8. The summed E-state index contributed by atoms with van der Waals surface area (Å²) in [4.78, 5) is 19.4. The Labute approximate surface area is 432 Å². The van der Waals surface area contributed by atoms with Crippen molar-refractivity contribution in [2.75, 3.05) is 0 Å². The highest BCUT2D eigenvalue weighted by atomic mass is 127. The molecule has 0 saturated heterocycles. The van der Waals surface area contributed by atoms with E-state index >= 15 is 0 Å². The van der Waals surface area contributed by atoms with Crippen molar-refractivity contribution in [2.45, 2.75) is 0 Å². The molecule has 4 aromatic carbocycles. The van der Waals surface area contributed by atoms with Gasteiger partial charge in [0.2, 0.25) is 0 Å². The zero-order chi connectivity index (χ0) is 38.8. The Morgan fingerprint density at radius 1 is 0.286 bits per heavy atom. The molecule has 12 heteroatoms. The maximum Gasteiger partial charge on any atom is 0.0882 e. The normalized spacial score (nSPS) is 12.9. The lowest BCUT2D eigenvalue weighted by Gasteiger charge is -2.07. The van der Waals surface area contributed by atoms with Gasteiger partial charge in [-0.2, -0.15) is 0 Å². The molecule has 0 saturated carbocycles. The molecule has 0 amide bonds. The monoisotopic (exact) mass is 1620 g/mol. The summed E-state index contributed by atoms with van der Waals surface area (Å²) < 4.78 is 9.02. The Balaban J connectivity index is 1.63. The van der Waals surface area contributed by atoms with Gasteiger partial charge in [-0.25, -0.2) is 9.97 Å². The van der Waals surface area contributed by atoms with Crippen molar-refractivity contribution in [1.29, 1.82) is 0 Å². The molecule has 4 nitrogen and oxygen atoms in total. The fourth-order valence-electron chi connectivity index (χ4n) is 7.11. The predicted molar refractivity (Wildman–Crippen MR) is 303 cm³/mol. The van der Waals surface area contributed by atoms with E-state index < -0.39 is 0 Å². The SMILES string of the molecule is IC1=C(I)c2nc1c(-c1ccccc1)c1[nH]c(c(I)c1I)c(-c1ccccc1)c1nc(c(-c3ccccc3)c3[nH]c(c(I)c3I)c2-c2ccccc2)C(I)=C1I. The third-order valence-electron chi connectivity index (χ3n) is 9.62. The van der Waals surface area contributed by atoms with Crippen LogP contribution in [0.5, 0.6) is 0 Å². The summed E-state index contributed by atoms with van der Waals surface area (Å²) in [6.45, 7) is 0. The molecule has 7 aromatic rings. The van der Waals surface area contributed by atoms with Crippen LogP contribution in [0.4, 0.5) is 0 Å². The van der Waals surface area contributed by atoms with Crippen LogP contribution in [-0.2, 0) is 0 Å². The second kappa shape index (κ2) is 17.0. The highest BCUT2D eigenvalue weighted by Crippen LogP contribution is 2.51. The largest absolute Gasteiger partial charge is 0.353 e. The van der Waals surface area contributed by atoms with Gasteiger partial charge in [-0.1, -0.05) is 121 Å². The van der Waals surface area contributed by atoms with E-state index in [1.165, 1.54) is 0 Å². The van der Waals surface area contributed by atoms with Crippen LogP contribution in [0.25, 0.3) is 80.9 Å². The average Bonchev–Trinajstić information content (AvgIpc) is 3.89. The van der Waals surface area contributed by atoms with Gasteiger partial charge in [0, 0.05) is 22.3 Å². The van der Waals surface area contributed by atoms with Gasteiger partial charge in [0.1, 0.15) is 0 Å². The van der Waals surface area contributed by atoms with Gasteiger partial charge >= 0.3 is 0 Å². The molecule has 8 bridgehead atoms. The van der Waals surface area contributed by atoms with Crippen LogP contribution in [0.3, 0.4) is 0 Å². The summed E-state index contributed by atoms with van der Waals surface area (Å²) >= 11 is 20.2. The summed E-state index contributed by atoms with van der Waals surface area (Å²) in [6.07, 6.45) is 0. The summed E-state index contributed by atoms with van der Waals surface area (Å²) in [5.74, 6) is 0. The van der Waals surface area contributed by atoms with E-state index in [4.69, 9.17) is 9.97 Å². The van der Waals surface area contributed by atoms with Gasteiger partial charge in [0.25, 0.3) is 0 Å². The number of fused-ring (bicyclic) bond motifs is 8. The minimum atomic E-state index is 0.950. The van der Waals surface area contributed by atoms with E-state index in [-0.39, 0.29) is 0 Å². The van der Waals surface area contributed by atoms with Crippen LogP contribution >= 0.6 is 181 Å². The molecule has 0 unspecified atom stereocenters. The highest BCUT2D eigenvalue weighted by Gasteiger charge is 2.30. The van der Waals surface area contributed by atoms with Crippen LogP contribution in [0, 0.1) is 14.3 Å². The van der Waals surface area contributed by atoms with E-state index in [0.29, 0.717) is 0 Å². The maximum absolute atomic E-state index is 5.69. The summed E-state index contributed by atoms with van der Waals surface area (Å²) in [5, 5.41) is 0. The van der Waals surface area contributed by atoms with Crippen LogP contribution < -0.4 is 0 Å². The molecule has 56 heavy (non-hydrogen) atoms. The van der Waals surface area contributed by atoms with Crippen molar-refractivity contribution in [1.82, 2.24) is 19.9 Å². The van der Waals surface area contributed by atoms with Crippen molar-refractivity contribution < 1.29 is 0 Å². The Morgan fingerprint density at radius 3 is 0.679 bits per heavy atom. The molecule has 0 spiro atoms. The fourth-order valence-corrected chi connectivity index (χ4v) is 12.4. The van der Waals surface area contributed by atoms with Crippen molar-refractivity contribution in [3.8, 4) is 44.5 Å². The van der Waals surface area contributed by atoms with E-state index in [1.807, 2.05) is 0 Å². The molecule has 0 aliphatic carbocycles. The third kappa shape index (κ3) is 7.11. The first-order valence-corrected chi connectivity index (χ1v) is 25.7. The number of benzene rings is 4. The molecular formula is C44H22I8N4. The van der Waals surface area contributed by atoms with Crippen LogP contribution in [-0.4, -0.2) is 19.9 Å². The number of aromatic amines is 2. The van der Waals surface area contributed by atoms with Gasteiger partial charge < -0.3 is 9.97 Å². The van der Waals surface area contributed by atoms with Crippen LogP contribution in [0.15, 0.2) is 121 Å². The van der Waals surface area contributed by atoms with Crippen molar-refractivity contribution in [3.05, 3.63) is 158 Å². The molecule has 2 N–H and O–H groups in total. The molecule has 0 radical (unpaired) electrons. The molecule has 0 fully saturated rings. The van der Waals surface area contributed by atoms with Gasteiger partial charge in [0.15, 0.2) is 0 Å². The van der Waals surface area contributed by atoms with Gasteiger partial charge in [-0.05, 0) is 203 Å². The lowest BCUT2D eigenvalue weighted by atomic mass is 10.0. The average molecular weight is 1620 g/mol. The molecule has 9 rings (SSSR count). The lowest BCUT2D eigenvalue weighted by molar-refractivity contribution is 1.31. The smallest absolute Gasteiger partial charge is 0.0882 e. The summed E-state index contributed by atoms with van der Waals surface area (Å²) in [5.41, 5.74) is 16.6. The number of H-pyrrole nitrogens is 2. The first kappa shape index (κ1) is 40.7. The number of nitrogens with one attached hydrogen (secondary N) is 2. The van der Waals surface area contributed by atoms with Crippen LogP contribution in [0.2, 0.25) is 0 Å². The fraction of sp³-hybridized carbons (Fsp3) is 0. The number of nitrogens with zero attached hydrogens (tertiary/aromatic N) is 2. The number of hydrogen-bond acceptors (Lipinski definition) is 2. The lowest BCUT2D eigenvalue weighted by Crippen LogP contribution is -1.91. The van der Waals surface area contributed by atoms with Crippen molar-refractivity contribution in [2.24, 2.45) is 0 Å². The van der Waals surface area contributed by atoms with Crippen molar-refractivity contribution in [3.63, 3.8) is 0 Å². The van der Waals surface area contributed by atoms with E-state index in [0.717, 1.165) is 118 Å². The van der Waals surface area contributed by atoms with Gasteiger partial charge in [0.05, 0.1) is 73.4 Å². The summed E-state index contributed by atoms with van der Waals surface area (Å²) in [7, 11) is 0. The molecular weight excluding hydrogens is 1600 g/mol. The zero-order valence-corrected chi connectivity index (χ0v) is 45.7. The van der Waals surface area contributed by atoms with E-state index in [2.05, 4.69) is 312 Å². The Hall–Kier alpha value is -0.680. The second-order valence-corrected chi connectivity index (χ2v) is 21.5. The summed E-state index contributed by atoms with van der Waals surface area (Å²) in [6, 6.07) is 42.7. The minimum absolute atomic E-state index is 0.950. The minimum Gasteiger partial charge on any atom is -0.353 e. The first-order valence-electron chi connectivity index (χ1n) is 17.0. The molecule has 2 aliphatic heterocycles. The third-order valence-corrected chi connectivity index (χ3v) is 22.3. The molecule has 274 valence electrons. The molecule has 5 heterocycles. The Morgan fingerprint density at radius 2 is 0.482 bits per heavy atom. The number of rotatable bonds is 4. The Kier molecular flexibility index (Phi) is 12.4. The van der Waals surface area contributed by atoms with E-state index in [9.17, 15) is 0 Å². The topological polar surface area (TPSA) is 57.4 Å². The van der Waals surface area contributed by atoms with E-state index in [1.54, 1.807) is 0 Å². The van der Waals surface area contributed by atoms with Crippen molar-refractivity contribution >= 4 is 217 Å². The van der Waals surface area contributed by atoms with Gasteiger partial charge in [-0.3, -0.25) is 0 Å². The molecule has 2 aliphatic rings. The highest BCUT2D eigenvalue weighted by molar-refractivity contribution is 14.1. The van der Waals surface area contributed by atoms with Crippen LogP contribution in [0.1, 0.15) is 22.8 Å². The number of aromatic nitrogens is 4. The molecule has 3 aromatic heterocycles.